The summed E-state index contributed by atoms with van der Waals surface area (Å²) in [4.78, 5) is 24.9. The van der Waals surface area contributed by atoms with Crippen LogP contribution in [0.1, 0.15) is 10.4 Å². The van der Waals surface area contributed by atoms with Gasteiger partial charge in [-0.3, -0.25) is 9.36 Å². The van der Waals surface area contributed by atoms with Gasteiger partial charge < -0.3 is 9.64 Å². The van der Waals surface area contributed by atoms with Gasteiger partial charge in [0.05, 0.1) is 7.11 Å². The first-order valence-corrected chi connectivity index (χ1v) is 4.68. The second-order valence-electron chi connectivity index (χ2n) is 3.47. The number of pyridine rings is 1. The molecule has 5 nitrogen and oxygen atoms in total. The maximum atomic E-state index is 11.5. The van der Waals surface area contributed by atoms with Crippen molar-refractivity contribution in [1.82, 2.24) is 4.57 Å². The summed E-state index contributed by atoms with van der Waals surface area (Å²) in [5.74, 6) is 0.238. The number of carbonyl (C=O) groups excluding carboxylic acids is 1. The maximum absolute atomic E-state index is 11.5. The van der Waals surface area contributed by atoms with Crippen LogP contribution < -0.4 is 10.5 Å². The maximum Gasteiger partial charge on any atom is 0.341 e. The molecular formula is C10H12N2O3. The van der Waals surface area contributed by atoms with Gasteiger partial charge >= 0.3 is 5.97 Å². The van der Waals surface area contributed by atoms with Gasteiger partial charge in [-0.25, -0.2) is 4.79 Å². The lowest BCUT2D eigenvalue weighted by Crippen LogP contribution is -2.21. The summed E-state index contributed by atoms with van der Waals surface area (Å²) in [6.45, 7) is 1.36. The molecule has 0 radical (unpaired) electrons. The topological polar surface area (TPSA) is 51.5 Å². The summed E-state index contributed by atoms with van der Waals surface area (Å²) in [5, 5.41) is 0. The third kappa shape index (κ3) is 1.40. The molecule has 80 valence electrons. The average molecular weight is 208 g/mol. The molecule has 2 heterocycles. The van der Waals surface area contributed by atoms with Crippen molar-refractivity contribution in [2.24, 2.45) is 0 Å². The summed E-state index contributed by atoms with van der Waals surface area (Å²) >= 11 is 0. The molecule has 15 heavy (non-hydrogen) atoms. The minimum absolute atomic E-state index is 0.0815. The Bertz CT molecular complexity index is 464. The summed E-state index contributed by atoms with van der Waals surface area (Å²) in [7, 11) is 3.18. The molecule has 0 fully saturated rings. The lowest BCUT2D eigenvalue weighted by molar-refractivity contribution is 0.0601. The van der Waals surface area contributed by atoms with Gasteiger partial charge in [-0.15, -0.1) is 0 Å². The van der Waals surface area contributed by atoms with Crippen molar-refractivity contribution in [3.05, 3.63) is 28.0 Å². The second-order valence-corrected chi connectivity index (χ2v) is 3.47. The third-order valence-electron chi connectivity index (χ3n) is 2.58. The van der Waals surface area contributed by atoms with Crippen molar-refractivity contribution in [2.45, 2.75) is 6.54 Å². The number of ether oxygens (including phenoxy) is 1. The van der Waals surface area contributed by atoms with E-state index in [1.807, 2.05) is 11.9 Å². The van der Waals surface area contributed by atoms with E-state index in [0.717, 1.165) is 6.54 Å². The fourth-order valence-electron chi connectivity index (χ4n) is 1.82. The second kappa shape index (κ2) is 3.42. The van der Waals surface area contributed by atoms with Crippen LogP contribution in [0, 0.1) is 0 Å². The Balaban J connectivity index is 2.64. The van der Waals surface area contributed by atoms with Crippen molar-refractivity contribution < 1.29 is 9.53 Å². The lowest BCUT2D eigenvalue weighted by Gasteiger charge is -2.14. The van der Waals surface area contributed by atoms with E-state index in [1.54, 1.807) is 4.57 Å². The summed E-state index contributed by atoms with van der Waals surface area (Å²) in [6.07, 6.45) is 0. The van der Waals surface area contributed by atoms with E-state index in [4.69, 9.17) is 0 Å². The highest BCUT2D eigenvalue weighted by Crippen LogP contribution is 2.22. The number of esters is 1. The van der Waals surface area contributed by atoms with Crippen molar-refractivity contribution >= 4 is 11.8 Å². The first kappa shape index (κ1) is 9.76. The van der Waals surface area contributed by atoms with E-state index < -0.39 is 5.97 Å². The summed E-state index contributed by atoms with van der Waals surface area (Å²) in [5.41, 5.74) is 0.360. The van der Waals surface area contributed by atoms with Gasteiger partial charge in [0, 0.05) is 26.2 Å². The van der Waals surface area contributed by atoms with Crippen molar-refractivity contribution in [3.63, 3.8) is 0 Å². The van der Waals surface area contributed by atoms with E-state index in [-0.39, 0.29) is 5.56 Å². The molecule has 0 aromatic carbocycles. The third-order valence-corrected chi connectivity index (χ3v) is 2.58. The Morgan fingerprint density at radius 1 is 1.40 bits per heavy atom. The van der Waals surface area contributed by atoms with Crippen LogP contribution in [0.2, 0.25) is 0 Å². The van der Waals surface area contributed by atoms with Crippen LogP contribution in [-0.2, 0) is 11.3 Å². The predicted octanol–water partition coefficient (Wildman–Crippen LogP) is 0.0847. The van der Waals surface area contributed by atoms with Gasteiger partial charge in [0.25, 0.3) is 5.56 Å². The smallest absolute Gasteiger partial charge is 0.341 e. The zero-order valence-electron chi connectivity index (χ0n) is 8.69. The highest BCUT2D eigenvalue weighted by atomic mass is 16.5. The minimum atomic E-state index is -0.410. The molecule has 0 aliphatic carbocycles. The van der Waals surface area contributed by atoms with Crippen LogP contribution in [0.25, 0.3) is 0 Å². The Morgan fingerprint density at radius 2 is 2.13 bits per heavy atom. The molecule has 1 aliphatic rings. The molecule has 0 saturated carbocycles. The van der Waals surface area contributed by atoms with Gasteiger partial charge in [-0.05, 0) is 6.07 Å². The first-order valence-electron chi connectivity index (χ1n) is 4.68. The minimum Gasteiger partial charge on any atom is -0.465 e. The van der Waals surface area contributed by atoms with Gasteiger partial charge in [0.2, 0.25) is 0 Å². The van der Waals surface area contributed by atoms with E-state index >= 15 is 0 Å². The number of hydrogen-bond acceptors (Lipinski definition) is 4. The Kier molecular flexibility index (Phi) is 2.22. The molecule has 0 saturated heterocycles. The molecule has 2 rings (SSSR count). The highest BCUT2D eigenvalue weighted by molar-refractivity contribution is 5.95. The van der Waals surface area contributed by atoms with Crippen LogP contribution in [0.4, 0.5) is 5.82 Å². The molecule has 0 atom stereocenters. The van der Waals surface area contributed by atoms with E-state index in [1.165, 1.54) is 19.2 Å². The largest absolute Gasteiger partial charge is 0.465 e. The number of anilines is 1. The quantitative estimate of drug-likeness (QED) is 0.613. The monoisotopic (exact) mass is 208 g/mol. The molecular weight excluding hydrogens is 196 g/mol. The van der Waals surface area contributed by atoms with Crippen LogP contribution in [0.5, 0.6) is 0 Å². The molecule has 0 spiro atoms. The number of likely N-dealkylation sites (N-methyl/N-ethyl adjacent to an activating group) is 1. The van der Waals surface area contributed by atoms with Crippen molar-refractivity contribution in [1.29, 1.82) is 0 Å². The van der Waals surface area contributed by atoms with Gasteiger partial charge in [-0.2, -0.15) is 0 Å². The fourth-order valence-corrected chi connectivity index (χ4v) is 1.82. The summed E-state index contributed by atoms with van der Waals surface area (Å²) in [6, 6.07) is 2.91. The molecule has 1 aliphatic heterocycles. The van der Waals surface area contributed by atoms with Gasteiger partial charge in [0.15, 0.2) is 0 Å². The van der Waals surface area contributed by atoms with Crippen molar-refractivity contribution in [2.75, 3.05) is 25.6 Å². The van der Waals surface area contributed by atoms with Crippen LogP contribution in [-0.4, -0.2) is 31.2 Å². The average Bonchev–Trinajstić information content (AvgIpc) is 2.62. The number of hydrogen-bond donors (Lipinski definition) is 0. The Labute approximate surface area is 86.9 Å². The summed E-state index contributed by atoms with van der Waals surface area (Å²) < 4.78 is 6.26. The first-order chi connectivity index (χ1) is 7.15. The number of carbonyl (C=O) groups is 1. The molecule has 0 N–H and O–H groups in total. The van der Waals surface area contributed by atoms with Crippen LogP contribution >= 0.6 is 0 Å². The SMILES string of the molecule is COC(=O)c1ccc(=O)n2c1N(C)CC2. The Morgan fingerprint density at radius 3 is 2.80 bits per heavy atom. The number of nitrogens with zero attached hydrogens (tertiary/aromatic N) is 2. The normalized spacial score (nSPS) is 13.9. The van der Waals surface area contributed by atoms with Gasteiger partial charge in [0.1, 0.15) is 11.4 Å². The Hall–Kier alpha value is -1.78. The lowest BCUT2D eigenvalue weighted by atomic mass is 10.2. The predicted molar refractivity (Wildman–Crippen MR) is 55.3 cm³/mol. The molecule has 1 aromatic heterocycles. The van der Waals surface area contributed by atoms with E-state index in [2.05, 4.69) is 4.74 Å². The van der Waals surface area contributed by atoms with E-state index in [0.29, 0.717) is 17.9 Å². The molecule has 1 aromatic rings. The molecule has 0 amide bonds. The molecule has 0 unspecified atom stereocenters. The number of fused-ring (bicyclic) bond motifs is 1. The van der Waals surface area contributed by atoms with Gasteiger partial charge in [-0.1, -0.05) is 0 Å². The fraction of sp³-hybridized carbons (Fsp3) is 0.400. The van der Waals surface area contributed by atoms with E-state index in [9.17, 15) is 9.59 Å². The van der Waals surface area contributed by atoms with Crippen LogP contribution in [0.3, 0.4) is 0 Å². The number of rotatable bonds is 1. The highest BCUT2D eigenvalue weighted by Gasteiger charge is 2.24. The van der Waals surface area contributed by atoms with Crippen LogP contribution in [0.15, 0.2) is 16.9 Å². The number of aromatic nitrogens is 1. The zero-order chi connectivity index (χ0) is 11.0. The molecule has 5 heteroatoms. The number of methoxy groups -OCH3 is 1. The standard InChI is InChI=1S/C10H12N2O3/c1-11-5-6-12-8(13)4-3-7(9(11)12)10(14)15-2/h3-4H,5-6H2,1-2H3. The zero-order valence-corrected chi connectivity index (χ0v) is 8.69. The molecule has 0 bridgehead atoms. The van der Waals surface area contributed by atoms with Crippen molar-refractivity contribution in [3.8, 4) is 0 Å².